The first-order valence-corrected chi connectivity index (χ1v) is 9.89. The average Bonchev–Trinajstić information content (AvgIpc) is 2.55. The molecule has 0 unspecified atom stereocenters. The van der Waals surface area contributed by atoms with E-state index in [0.717, 1.165) is 22.3 Å². The minimum atomic E-state index is -3.67. The van der Waals surface area contributed by atoms with Crippen molar-refractivity contribution in [1.82, 2.24) is 9.29 Å². The van der Waals surface area contributed by atoms with Crippen molar-refractivity contribution in [3.05, 3.63) is 56.5 Å². The van der Waals surface area contributed by atoms with E-state index >= 15 is 0 Å². The highest BCUT2D eigenvalue weighted by Gasteiger charge is 2.21. The zero-order valence-corrected chi connectivity index (χ0v) is 17.0. The van der Waals surface area contributed by atoms with Crippen LogP contribution in [0, 0.1) is 34.6 Å². The lowest BCUT2D eigenvalue weighted by Gasteiger charge is -2.17. The maximum absolute atomic E-state index is 12.8. The van der Waals surface area contributed by atoms with Crippen LogP contribution in [0.4, 0.5) is 0 Å². The highest BCUT2D eigenvalue weighted by molar-refractivity contribution is 7.89. The summed E-state index contributed by atoms with van der Waals surface area (Å²) in [4.78, 5) is 12.5. The second-order valence-electron chi connectivity index (χ2n) is 6.51. The van der Waals surface area contributed by atoms with Crippen LogP contribution in [0.1, 0.15) is 27.9 Å². The Morgan fingerprint density at radius 2 is 1.58 bits per heavy atom. The Morgan fingerprint density at radius 1 is 1.00 bits per heavy atom. The predicted molar refractivity (Wildman–Crippen MR) is 103 cm³/mol. The molecule has 0 spiro atoms. The Hall–Kier alpha value is -2.12. The first-order valence-electron chi connectivity index (χ1n) is 8.41. The molecule has 0 aliphatic carbocycles. The molecule has 7 heteroatoms. The third-order valence-electron chi connectivity index (χ3n) is 4.74. The summed E-state index contributed by atoms with van der Waals surface area (Å²) in [5.41, 5.74) is 3.87. The molecule has 142 valence electrons. The van der Waals surface area contributed by atoms with Crippen molar-refractivity contribution >= 4 is 10.0 Å². The summed E-state index contributed by atoms with van der Waals surface area (Å²) in [5.74, 6) is 0.491. The lowest BCUT2D eigenvalue weighted by atomic mass is 10.0. The molecule has 0 aliphatic heterocycles. The van der Waals surface area contributed by atoms with Gasteiger partial charge in [0, 0.05) is 24.8 Å². The fourth-order valence-corrected chi connectivity index (χ4v) is 4.68. The summed E-state index contributed by atoms with van der Waals surface area (Å²) in [6.07, 6.45) is 0. The molecule has 0 radical (unpaired) electrons. The number of aromatic nitrogens is 1. The number of sulfonamides is 1. The normalized spacial score (nSPS) is 11.6. The Bertz CT molecular complexity index is 965. The van der Waals surface area contributed by atoms with Gasteiger partial charge < -0.3 is 9.30 Å². The van der Waals surface area contributed by atoms with Crippen LogP contribution >= 0.6 is 0 Å². The van der Waals surface area contributed by atoms with E-state index in [1.54, 1.807) is 13.0 Å². The van der Waals surface area contributed by atoms with Gasteiger partial charge in [0.2, 0.25) is 10.0 Å². The van der Waals surface area contributed by atoms with Crippen LogP contribution in [-0.2, 0) is 16.6 Å². The quantitative estimate of drug-likeness (QED) is 0.837. The van der Waals surface area contributed by atoms with Gasteiger partial charge in [0.15, 0.2) is 0 Å². The number of hydrogen-bond acceptors (Lipinski definition) is 4. The van der Waals surface area contributed by atoms with E-state index in [9.17, 15) is 13.2 Å². The molecule has 2 rings (SSSR count). The molecule has 1 heterocycles. The van der Waals surface area contributed by atoms with Crippen LogP contribution in [0.5, 0.6) is 5.75 Å². The molecule has 0 atom stereocenters. The Balaban J connectivity index is 2.25. The standard InChI is InChI=1S/C19H26N2O4S/c1-12-9-13(2)16(5)19(15(12)4)26(23,24)20-7-8-21-14(3)10-17(25-6)11-18(21)22/h9-11,20H,7-8H2,1-6H3. The van der Waals surface area contributed by atoms with Crippen LogP contribution in [0.25, 0.3) is 0 Å². The molecule has 1 N–H and O–H groups in total. The number of pyridine rings is 1. The maximum Gasteiger partial charge on any atom is 0.254 e. The van der Waals surface area contributed by atoms with Crippen LogP contribution in [-0.4, -0.2) is 26.6 Å². The van der Waals surface area contributed by atoms with Gasteiger partial charge in [0.1, 0.15) is 5.75 Å². The number of nitrogens with one attached hydrogen (secondary N) is 1. The number of benzene rings is 1. The number of ether oxygens (including phenoxy) is 1. The summed E-state index contributed by atoms with van der Waals surface area (Å²) < 4.78 is 34.9. The number of hydrogen-bond donors (Lipinski definition) is 1. The second-order valence-corrected chi connectivity index (χ2v) is 8.22. The summed E-state index contributed by atoms with van der Waals surface area (Å²) in [6.45, 7) is 9.60. The van der Waals surface area contributed by atoms with Crippen LogP contribution in [0.2, 0.25) is 0 Å². The molecular weight excluding hydrogens is 352 g/mol. The van der Waals surface area contributed by atoms with Crippen molar-refractivity contribution in [2.24, 2.45) is 0 Å². The van der Waals surface area contributed by atoms with E-state index in [4.69, 9.17) is 4.74 Å². The van der Waals surface area contributed by atoms with Crippen molar-refractivity contribution in [3.8, 4) is 5.75 Å². The Labute approximate surface area is 154 Å². The highest BCUT2D eigenvalue weighted by atomic mass is 32.2. The largest absolute Gasteiger partial charge is 0.496 e. The van der Waals surface area contributed by atoms with Crippen LogP contribution in [0.3, 0.4) is 0 Å². The first kappa shape index (κ1) is 20.2. The van der Waals surface area contributed by atoms with Crippen molar-refractivity contribution in [3.63, 3.8) is 0 Å². The number of nitrogens with zero attached hydrogens (tertiary/aromatic N) is 1. The molecule has 2 aromatic rings. The molecular formula is C19H26N2O4S. The molecule has 0 saturated carbocycles. The van der Waals surface area contributed by atoms with E-state index in [1.165, 1.54) is 17.7 Å². The molecule has 26 heavy (non-hydrogen) atoms. The summed E-state index contributed by atoms with van der Waals surface area (Å²) in [5, 5.41) is 0. The van der Waals surface area contributed by atoms with Crippen molar-refractivity contribution in [1.29, 1.82) is 0 Å². The van der Waals surface area contributed by atoms with Gasteiger partial charge in [-0.05, 0) is 62.9 Å². The summed E-state index contributed by atoms with van der Waals surface area (Å²) >= 11 is 0. The monoisotopic (exact) mass is 378 g/mol. The highest BCUT2D eigenvalue weighted by Crippen LogP contribution is 2.25. The number of aryl methyl sites for hydroxylation is 3. The fourth-order valence-electron chi connectivity index (χ4n) is 3.05. The van der Waals surface area contributed by atoms with Gasteiger partial charge in [-0.2, -0.15) is 0 Å². The predicted octanol–water partition coefficient (Wildman–Crippen LogP) is 2.38. The fraction of sp³-hybridized carbons (Fsp3) is 0.421. The Morgan fingerprint density at radius 3 is 2.08 bits per heavy atom. The smallest absolute Gasteiger partial charge is 0.254 e. The van der Waals surface area contributed by atoms with Gasteiger partial charge in [-0.3, -0.25) is 4.79 Å². The van der Waals surface area contributed by atoms with Gasteiger partial charge in [-0.15, -0.1) is 0 Å². The molecule has 1 aromatic carbocycles. The van der Waals surface area contributed by atoms with Crippen molar-refractivity contribution < 1.29 is 13.2 Å². The topological polar surface area (TPSA) is 77.4 Å². The minimum Gasteiger partial charge on any atom is -0.496 e. The number of rotatable bonds is 6. The van der Waals surface area contributed by atoms with E-state index in [0.29, 0.717) is 16.3 Å². The van der Waals surface area contributed by atoms with Gasteiger partial charge >= 0.3 is 0 Å². The van der Waals surface area contributed by atoms with E-state index in [1.807, 2.05) is 33.8 Å². The third kappa shape index (κ3) is 3.99. The maximum atomic E-state index is 12.8. The summed E-state index contributed by atoms with van der Waals surface area (Å²) in [7, 11) is -2.16. The molecule has 0 amide bonds. The zero-order valence-electron chi connectivity index (χ0n) is 16.1. The average molecular weight is 378 g/mol. The summed E-state index contributed by atoms with van der Waals surface area (Å²) in [6, 6.07) is 5.12. The van der Waals surface area contributed by atoms with Crippen LogP contribution < -0.4 is 15.0 Å². The van der Waals surface area contributed by atoms with E-state index in [-0.39, 0.29) is 18.6 Å². The zero-order chi connectivity index (χ0) is 19.6. The number of methoxy groups -OCH3 is 1. The van der Waals surface area contributed by atoms with Crippen LogP contribution in [0.15, 0.2) is 27.9 Å². The molecule has 0 fully saturated rings. The van der Waals surface area contributed by atoms with Crippen molar-refractivity contribution in [2.75, 3.05) is 13.7 Å². The lowest BCUT2D eigenvalue weighted by Crippen LogP contribution is -2.32. The van der Waals surface area contributed by atoms with Gasteiger partial charge in [0.25, 0.3) is 5.56 Å². The molecule has 6 nitrogen and oxygen atoms in total. The third-order valence-corrected chi connectivity index (χ3v) is 6.47. The SMILES string of the molecule is COc1cc(C)n(CCNS(=O)(=O)c2c(C)c(C)cc(C)c2C)c(=O)c1. The van der Waals surface area contributed by atoms with Crippen molar-refractivity contribution in [2.45, 2.75) is 46.1 Å². The van der Waals surface area contributed by atoms with Gasteiger partial charge in [0.05, 0.1) is 12.0 Å². The molecule has 0 aliphatic rings. The first-order chi connectivity index (χ1) is 12.1. The second kappa shape index (κ2) is 7.63. The molecule has 0 saturated heterocycles. The van der Waals surface area contributed by atoms with E-state index in [2.05, 4.69) is 4.72 Å². The molecule has 1 aromatic heterocycles. The molecule has 0 bridgehead atoms. The lowest BCUT2D eigenvalue weighted by molar-refractivity contribution is 0.411. The Kier molecular flexibility index (Phi) is 5.93. The van der Waals surface area contributed by atoms with E-state index < -0.39 is 10.0 Å². The van der Waals surface area contributed by atoms with Gasteiger partial charge in [-0.1, -0.05) is 6.07 Å². The van der Waals surface area contributed by atoms with Gasteiger partial charge in [-0.25, -0.2) is 13.1 Å². The minimum absolute atomic E-state index is 0.126.